The van der Waals surface area contributed by atoms with Crippen LogP contribution in [0.4, 0.5) is 5.69 Å². The van der Waals surface area contributed by atoms with E-state index in [-0.39, 0.29) is 0 Å². The van der Waals surface area contributed by atoms with E-state index in [2.05, 4.69) is 76.0 Å². The Morgan fingerprint density at radius 3 is 1.86 bits per heavy atom. The summed E-state index contributed by atoms with van der Waals surface area (Å²) in [5, 5.41) is 16.8. The first-order valence-electron chi connectivity index (χ1n) is 9.80. The lowest BCUT2D eigenvalue weighted by molar-refractivity contribution is 0.315. The van der Waals surface area contributed by atoms with Crippen LogP contribution >= 0.6 is 0 Å². The van der Waals surface area contributed by atoms with Crippen molar-refractivity contribution in [2.45, 2.75) is 18.9 Å². The highest BCUT2D eigenvalue weighted by molar-refractivity contribution is 5.99. The second-order valence-corrected chi connectivity index (χ2v) is 7.47. The summed E-state index contributed by atoms with van der Waals surface area (Å²) in [5.41, 5.74) is 5.47. The van der Waals surface area contributed by atoms with Gasteiger partial charge >= 0.3 is 0 Å². The Kier molecular flexibility index (Phi) is 6.35. The van der Waals surface area contributed by atoms with E-state index in [9.17, 15) is 5.21 Å². The number of hydrogen-bond acceptors (Lipinski definition) is 4. The molecule has 0 aliphatic carbocycles. The maximum Gasteiger partial charge on any atom is 0.0864 e. The fourth-order valence-electron chi connectivity index (χ4n) is 3.98. The molecule has 1 atom stereocenters. The van der Waals surface area contributed by atoms with Crippen molar-refractivity contribution >= 4 is 11.4 Å². The van der Waals surface area contributed by atoms with E-state index in [0.29, 0.717) is 5.71 Å². The number of oxime groups is 1. The Hall–Kier alpha value is -3.11. The van der Waals surface area contributed by atoms with Gasteiger partial charge in [0.05, 0.1) is 11.1 Å². The van der Waals surface area contributed by atoms with Gasteiger partial charge in [0.25, 0.3) is 0 Å². The molecule has 0 aromatic heterocycles. The van der Waals surface area contributed by atoms with Crippen molar-refractivity contribution in [1.82, 2.24) is 5.32 Å². The Morgan fingerprint density at radius 1 is 0.862 bits per heavy atom. The molecule has 0 saturated carbocycles. The van der Waals surface area contributed by atoms with E-state index < -0.39 is 5.41 Å². The average Bonchev–Trinajstić information content (AvgIpc) is 2.76. The summed E-state index contributed by atoms with van der Waals surface area (Å²) in [5.74, 6) is 0. The van der Waals surface area contributed by atoms with Gasteiger partial charge in [-0.05, 0) is 48.4 Å². The van der Waals surface area contributed by atoms with Crippen molar-refractivity contribution < 1.29 is 5.21 Å². The van der Waals surface area contributed by atoms with Crippen LogP contribution in [-0.4, -0.2) is 32.1 Å². The molecule has 150 valence electrons. The molecule has 3 aromatic rings. The second kappa shape index (κ2) is 8.93. The van der Waals surface area contributed by atoms with Crippen LogP contribution in [-0.2, 0) is 12.0 Å². The van der Waals surface area contributed by atoms with Crippen LogP contribution in [0.25, 0.3) is 0 Å². The number of anilines is 1. The van der Waals surface area contributed by atoms with Gasteiger partial charge in [-0.2, -0.15) is 0 Å². The molecule has 0 spiro atoms. The highest BCUT2D eigenvalue weighted by atomic mass is 16.4. The van der Waals surface area contributed by atoms with E-state index >= 15 is 0 Å². The third-order valence-electron chi connectivity index (χ3n) is 5.48. The standard InChI is InChI=1S/C25H29N3O/c1-19(27-29)25(21-8-6-5-7-9-21,22-12-10-20(11-13-22)18-26-2)23-14-16-24(17-15-23)28(3)4/h5-17,26,29H,18H2,1-4H3/b27-19+. The molecule has 3 rings (SSSR count). The van der Waals surface area contributed by atoms with Crippen molar-refractivity contribution in [1.29, 1.82) is 0 Å². The van der Waals surface area contributed by atoms with E-state index in [1.165, 1.54) is 5.56 Å². The summed E-state index contributed by atoms with van der Waals surface area (Å²) >= 11 is 0. The molecular formula is C25H29N3O. The molecule has 0 aliphatic rings. The van der Waals surface area contributed by atoms with E-state index in [4.69, 9.17) is 0 Å². The summed E-state index contributed by atoms with van der Waals surface area (Å²) in [6, 6.07) is 27.2. The van der Waals surface area contributed by atoms with E-state index in [0.717, 1.165) is 28.9 Å². The molecule has 0 radical (unpaired) electrons. The minimum absolute atomic E-state index is 0.627. The molecule has 2 N–H and O–H groups in total. The highest BCUT2D eigenvalue weighted by Gasteiger charge is 2.40. The van der Waals surface area contributed by atoms with Crippen molar-refractivity contribution in [3.8, 4) is 0 Å². The van der Waals surface area contributed by atoms with Gasteiger partial charge in [0.2, 0.25) is 0 Å². The topological polar surface area (TPSA) is 47.9 Å². The molecule has 0 amide bonds. The van der Waals surface area contributed by atoms with Crippen LogP contribution in [0.1, 0.15) is 29.2 Å². The molecule has 0 bridgehead atoms. The zero-order valence-electron chi connectivity index (χ0n) is 17.6. The largest absolute Gasteiger partial charge is 0.411 e. The molecule has 29 heavy (non-hydrogen) atoms. The number of hydrogen-bond donors (Lipinski definition) is 2. The first kappa shape index (κ1) is 20.6. The molecule has 0 saturated heterocycles. The monoisotopic (exact) mass is 387 g/mol. The first-order valence-corrected chi connectivity index (χ1v) is 9.80. The lowest BCUT2D eigenvalue weighted by atomic mass is 9.66. The van der Waals surface area contributed by atoms with Gasteiger partial charge in [-0.3, -0.25) is 0 Å². The summed E-state index contributed by atoms with van der Waals surface area (Å²) in [6.07, 6.45) is 0. The van der Waals surface area contributed by atoms with E-state index in [1.54, 1.807) is 0 Å². The Bertz CT molecular complexity index is 948. The van der Waals surface area contributed by atoms with Crippen molar-refractivity contribution in [2.75, 3.05) is 26.0 Å². The van der Waals surface area contributed by atoms with Gasteiger partial charge in [-0.1, -0.05) is 71.9 Å². The fraction of sp³-hybridized carbons (Fsp3) is 0.240. The summed E-state index contributed by atoms with van der Waals surface area (Å²) in [4.78, 5) is 2.08. The smallest absolute Gasteiger partial charge is 0.0864 e. The SMILES string of the molecule is CNCc1ccc(C(/C(C)=N/O)(c2ccccc2)c2ccc(N(C)C)cc2)cc1. The molecule has 3 aromatic carbocycles. The highest BCUT2D eigenvalue weighted by Crippen LogP contribution is 2.41. The minimum atomic E-state index is -0.682. The zero-order valence-corrected chi connectivity index (χ0v) is 17.6. The normalized spacial score (nSPS) is 13.7. The third-order valence-corrected chi connectivity index (χ3v) is 5.48. The number of rotatable bonds is 7. The molecular weight excluding hydrogens is 358 g/mol. The minimum Gasteiger partial charge on any atom is -0.411 e. The lowest BCUT2D eigenvalue weighted by Crippen LogP contribution is -2.37. The van der Waals surface area contributed by atoms with Gasteiger partial charge in [-0.25, -0.2) is 0 Å². The van der Waals surface area contributed by atoms with Crippen LogP contribution in [0.3, 0.4) is 0 Å². The zero-order chi connectivity index (χ0) is 20.9. The van der Waals surface area contributed by atoms with E-state index in [1.807, 2.05) is 46.3 Å². The number of benzene rings is 3. The lowest BCUT2D eigenvalue weighted by Gasteiger charge is -2.35. The Morgan fingerprint density at radius 2 is 1.38 bits per heavy atom. The molecule has 0 heterocycles. The number of nitrogens with zero attached hydrogens (tertiary/aromatic N) is 2. The molecule has 0 fully saturated rings. The maximum absolute atomic E-state index is 9.91. The molecule has 4 heteroatoms. The van der Waals surface area contributed by atoms with Gasteiger partial charge in [-0.15, -0.1) is 0 Å². The number of nitrogens with one attached hydrogen (secondary N) is 1. The van der Waals surface area contributed by atoms with Crippen LogP contribution in [0.15, 0.2) is 84.0 Å². The second-order valence-electron chi connectivity index (χ2n) is 7.47. The van der Waals surface area contributed by atoms with Gasteiger partial charge in [0.1, 0.15) is 0 Å². The van der Waals surface area contributed by atoms with Crippen molar-refractivity contribution in [3.05, 3.63) is 101 Å². The average molecular weight is 388 g/mol. The maximum atomic E-state index is 9.91. The first-order chi connectivity index (χ1) is 14.0. The predicted octanol–water partition coefficient (Wildman–Crippen LogP) is 4.66. The Balaban J connectivity index is 2.29. The molecule has 4 nitrogen and oxygen atoms in total. The van der Waals surface area contributed by atoms with Gasteiger partial charge < -0.3 is 15.4 Å². The predicted molar refractivity (Wildman–Crippen MR) is 121 cm³/mol. The van der Waals surface area contributed by atoms with Crippen LogP contribution in [0, 0.1) is 0 Å². The van der Waals surface area contributed by atoms with Gasteiger partial charge in [0.15, 0.2) is 0 Å². The van der Waals surface area contributed by atoms with Crippen molar-refractivity contribution in [2.24, 2.45) is 5.16 Å². The Labute approximate surface area is 173 Å². The molecule has 1 unspecified atom stereocenters. The summed E-state index contributed by atoms with van der Waals surface area (Å²) in [7, 11) is 6.00. The summed E-state index contributed by atoms with van der Waals surface area (Å²) in [6.45, 7) is 2.69. The van der Waals surface area contributed by atoms with Crippen molar-refractivity contribution in [3.63, 3.8) is 0 Å². The fourth-order valence-corrected chi connectivity index (χ4v) is 3.98. The molecule has 0 aliphatic heterocycles. The third kappa shape index (κ3) is 3.89. The van der Waals surface area contributed by atoms with Crippen LogP contribution in [0.5, 0.6) is 0 Å². The quantitative estimate of drug-likeness (QED) is 0.268. The van der Waals surface area contributed by atoms with Gasteiger partial charge in [0, 0.05) is 26.3 Å². The van der Waals surface area contributed by atoms with Crippen LogP contribution < -0.4 is 10.2 Å². The van der Waals surface area contributed by atoms with Crippen LogP contribution in [0.2, 0.25) is 0 Å². The summed E-state index contributed by atoms with van der Waals surface area (Å²) < 4.78 is 0.